The molecule has 0 unspecified atom stereocenters. The fourth-order valence-electron chi connectivity index (χ4n) is 3.69. The quantitative estimate of drug-likeness (QED) is 0.483. The first-order chi connectivity index (χ1) is 7.08. The number of allylic oxidation sites excluding steroid dienone is 1. The van der Waals surface area contributed by atoms with Crippen molar-refractivity contribution in [3.63, 3.8) is 0 Å². The zero-order valence-corrected chi connectivity index (χ0v) is 8.90. The van der Waals surface area contributed by atoms with Crippen molar-refractivity contribution in [2.75, 3.05) is 0 Å². The maximum absolute atomic E-state index is 11.5. The van der Waals surface area contributed by atoms with Crippen molar-refractivity contribution in [1.82, 2.24) is 0 Å². The molecular weight excluding hydrogens is 192 g/mol. The second kappa shape index (κ2) is 2.64. The second-order valence-electron chi connectivity index (χ2n) is 5.28. The highest BCUT2D eigenvalue weighted by molar-refractivity contribution is 5.74. The second-order valence-corrected chi connectivity index (χ2v) is 5.28. The number of hydrogen-bond acceptors (Lipinski definition) is 3. The van der Waals surface area contributed by atoms with Crippen LogP contribution in [-0.4, -0.2) is 22.8 Å². The fraction of sp³-hybridized carbons (Fsp3) is 0.750. The Labute approximate surface area is 89.1 Å². The molecule has 1 aliphatic heterocycles. The Morgan fingerprint density at radius 3 is 3.20 bits per heavy atom. The molecule has 3 aliphatic rings. The average molecular weight is 208 g/mol. The van der Waals surface area contributed by atoms with Crippen LogP contribution in [0.3, 0.4) is 0 Å². The monoisotopic (exact) mass is 208 g/mol. The molecule has 3 nitrogen and oxygen atoms in total. The van der Waals surface area contributed by atoms with Gasteiger partial charge in [-0.3, -0.25) is 4.79 Å². The molecule has 0 radical (unpaired) electrons. The van der Waals surface area contributed by atoms with Gasteiger partial charge in [0.1, 0.15) is 5.60 Å². The summed E-state index contributed by atoms with van der Waals surface area (Å²) < 4.78 is 5.60. The van der Waals surface area contributed by atoms with Gasteiger partial charge in [0.15, 0.2) is 0 Å². The third-order valence-electron chi connectivity index (χ3n) is 4.68. The van der Waals surface area contributed by atoms with E-state index in [2.05, 4.69) is 19.1 Å². The summed E-state index contributed by atoms with van der Waals surface area (Å²) in [5, 5.41) is 10.1. The molecule has 82 valence electrons. The molecule has 4 atom stereocenters. The molecule has 15 heavy (non-hydrogen) atoms. The molecule has 0 bridgehead atoms. The lowest BCUT2D eigenvalue weighted by Crippen LogP contribution is -2.51. The minimum absolute atomic E-state index is 0.105. The lowest BCUT2D eigenvalue weighted by molar-refractivity contribution is -0.164. The lowest BCUT2D eigenvalue weighted by atomic mass is 9.63. The van der Waals surface area contributed by atoms with Crippen molar-refractivity contribution < 1.29 is 14.6 Å². The molecule has 1 saturated heterocycles. The van der Waals surface area contributed by atoms with Crippen molar-refractivity contribution in [2.45, 2.75) is 44.3 Å². The van der Waals surface area contributed by atoms with E-state index in [1.807, 2.05) is 0 Å². The number of rotatable bonds is 0. The summed E-state index contributed by atoms with van der Waals surface area (Å²) in [6, 6.07) is 0. The lowest BCUT2D eigenvalue weighted by Gasteiger charge is -2.45. The van der Waals surface area contributed by atoms with E-state index in [0.29, 0.717) is 6.42 Å². The first-order valence-electron chi connectivity index (χ1n) is 5.65. The Morgan fingerprint density at radius 2 is 2.40 bits per heavy atom. The molecule has 2 aliphatic carbocycles. The summed E-state index contributed by atoms with van der Waals surface area (Å²) in [6.45, 7) is 2.06. The van der Waals surface area contributed by atoms with Crippen molar-refractivity contribution in [3.05, 3.63) is 12.2 Å². The molecule has 1 heterocycles. The summed E-state index contributed by atoms with van der Waals surface area (Å²) in [6.07, 6.45) is 6.73. The van der Waals surface area contributed by atoms with Crippen molar-refractivity contribution in [1.29, 1.82) is 0 Å². The number of carbonyl (C=O) groups excluding carboxylic acids is 1. The molecule has 1 saturated carbocycles. The fourth-order valence-corrected chi connectivity index (χ4v) is 3.69. The van der Waals surface area contributed by atoms with Crippen molar-refractivity contribution in [3.8, 4) is 0 Å². The first-order valence-corrected chi connectivity index (χ1v) is 5.65. The molecule has 0 aromatic carbocycles. The van der Waals surface area contributed by atoms with Crippen LogP contribution in [-0.2, 0) is 9.53 Å². The van der Waals surface area contributed by atoms with Crippen LogP contribution < -0.4 is 0 Å². The maximum atomic E-state index is 11.5. The van der Waals surface area contributed by atoms with Crippen LogP contribution in [0.1, 0.15) is 32.6 Å². The standard InChI is InChI=1S/C12H16O3/c1-11-5-2-3-8-7-10(14)15-12(8,11)6-4-9(11)13/h2-3,8-9,13H,4-7H2,1H3/t8-,9+,11+,12-/m0/s1. The molecule has 0 aromatic heterocycles. The topological polar surface area (TPSA) is 46.5 Å². The van der Waals surface area contributed by atoms with E-state index in [9.17, 15) is 9.90 Å². The van der Waals surface area contributed by atoms with Crippen molar-refractivity contribution >= 4 is 5.97 Å². The van der Waals surface area contributed by atoms with Gasteiger partial charge in [-0.05, 0) is 19.3 Å². The Bertz CT molecular complexity index is 349. The third kappa shape index (κ3) is 0.924. The van der Waals surface area contributed by atoms with Gasteiger partial charge >= 0.3 is 5.97 Å². The Morgan fingerprint density at radius 1 is 1.60 bits per heavy atom. The van der Waals surface area contributed by atoms with Crippen LogP contribution in [0.4, 0.5) is 0 Å². The molecule has 3 heteroatoms. The normalized spacial score (nSPS) is 52.5. The summed E-state index contributed by atoms with van der Waals surface area (Å²) in [4.78, 5) is 11.5. The van der Waals surface area contributed by atoms with Gasteiger partial charge in [0.25, 0.3) is 0 Å². The van der Waals surface area contributed by atoms with Gasteiger partial charge in [-0.25, -0.2) is 0 Å². The predicted octanol–water partition coefficient (Wildman–Crippen LogP) is 1.41. The van der Waals surface area contributed by atoms with Gasteiger partial charge < -0.3 is 9.84 Å². The summed E-state index contributed by atoms with van der Waals surface area (Å²) in [7, 11) is 0. The van der Waals surface area contributed by atoms with E-state index < -0.39 is 5.60 Å². The number of esters is 1. The molecule has 3 rings (SSSR count). The molecular formula is C12H16O3. The van der Waals surface area contributed by atoms with Crippen LogP contribution in [0.5, 0.6) is 0 Å². The number of hydrogen-bond donors (Lipinski definition) is 1. The highest BCUT2D eigenvalue weighted by Gasteiger charge is 2.66. The zero-order chi connectivity index (χ0) is 10.7. The third-order valence-corrected chi connectivity index (χ3v) is 4.68. The van der Waals surface area contributed by atoms with Crippen LogP contribution in [0, 0.1) is 11.3 Å². The maximum Gasteiger partial charge on any atom is 0.307 e. The predicted molar refractivity (Wildman–Crippen MR) is 54.0 cm³/mol. The Hall–Kier alpha value is -0.830. The van der Waals surface area contributed by atoms with Gasteiger partial charge in [0, 0.05) is 11.3 Å². The smallest absolute Gasteiger partial charge is 0.307 e. The Kier molecular flexibility index (Phi) is 1.66. The molecule has 2 fully saturated rings. The summed E-state index contributed by atoms with van der Waals surface area (Å²) in [5.74, 6) is 0.0766. The zero-order valence-electron chi connectivity index (χ0n) is 8.90. The summed E-state index contributed by atoms with van der Waals surface area (Å²) in [5.41, 5.74) is -0.670. The number of aliphatic hydroxyl groups is 1. The van der Waals surface area contributed by atoms with Gasteiger partial charge in [0.2, 0.25) is 0 Å². The number of carbonyl (C=O) groups is 1. The highest BCUT2D eigenvalue weighted by Crippen LogP contribution is 2.60. The Balaban J connectivity index is 2.11. The molecule has 1 N–H and O–H groups in total. The van der Waals surface area contributed by atoms with E-state index >= 15 is 0 Å². The van der Waals surface area contributed by atoms with Gasteiger partial charge in [-0.2, -0.15) is 0 Å². The van der Waals surface area contributed by atoms with Crippen LogP contribution in [0.2, 0.25) is 0 Å². The minimum Gasteiger partial charge on any atom is -0.458 e. The number of ether oxygens (including phenoxy) is 1. The molecule has 0 aromatic rings. The average Bonchev–Trinajstić information content (AvgIpc) is 2.63. The van der Waals surface area contributed by atoms with Crippen LogP contribution in [0.15, 0.2) is 12.2 Å². The van der Waals surface area contributed by atoms with Gasteiger partial charge in [0.05, 0.1) is 12.5 Å². The van der Waals surface area contributed by atoms with E-state index in [-0.39, 0.29) is 23.4 Å². The SMILES string of the molecule is C[C@]12CC=C[C@H]3CC(=O)O[C@@]31CC[C@H]2O. The van der Waals surface area contributed by atoms with Crippen molar-refractivity contribution in [2.24, 2.45) is 11.3 Å². The minimum atomic E-state index is -0.405. The van der Waals surface area contributed by atoms with Crippen LogP contribution in [0.25, 0.3) is 0 Å². The van der Waals surface area contributed by atoms with Crippen LogP contribution >= 0.6 is 0 Å². The van der Waals surface area contributed by atoms with E-state index in [4.69, 9.17) is 4.74 Å². The molecule has 0 amide bonds. The van der Waals surface area contributed by atoms with Gasteiger partial charge in [-0.15, -0.1) is 0 Å². The van der Waals surface area contributed by atoms with E-state index in [0.717, 1.165) is 19.3 Å². The summed E-state index contributed by atoms with van der Waals surface area (Å²) >= 11 is 0. The van der Waals surface area contributed by atoms with E-state index in [1.54, 1.807) is 0 Å². The highest BCUT2D eigenvalue weighted by atomic mass is 16.6. The first kappa shape index (κ1) is 9.40. The number of aliphatic hydroxyl groups excluding tert-OH is 1. The molecule has 1 spiro atoms. The largest absolute Gasteiger partial charge is 0.458 e. The van der Waals surface area contributed by atoms with E-state index in [1.165, 1.54) is 0 Å². The van der Waals surface area contributed by atoms with Gasteiger partial charge in [-0.1, -0.05) is 19.1 Å².